The van der Waals surface area contributed by atoms with Crippen LogP contribution in [0.5, 0.6) is 11.5 Å². The van der Waals surface area contributed by atoms with Crippen LogP contribution in [0.15, 0.2) is 42.5 Å². The quantitative estimate of drug-likeness (QED) is 0.643. The molecule has 0 atom stereocenters. The molecule has 0 fully saturated rings. The van der Waals surface area contributed by atoms with Gasteiger partial charge in [-0.3, -0.25) is 0 Å². The lowest BCUT2D eigenvalue weighted by Gasteiger charge is -2.12. The summed E-state index contributed by atoms with van der Waals surface area (Å²) in [6.07, 6.45) is 0.845. The highest BCUT2D eigenvalue weighted by Crippen LogP contribution is 2.22. The Balaban J connectivity index is 1.73. The van der Waals surface area contributed by atoms with Gasteiger partial charge in [0.05, 0.1) is 13.2 Å². The summed E-state index contributed by atoms with van der Waals surface area (Å²) in [6.45, 7) is 5.41. The fraction of sp³-hybridized carbons (Fsp3) is 0.294. The van der Waals surface area contributed by atoms with Gasteiger partial charge in [0.1, 0.15) is 11.5 Å². The number of benzene rings is 2. The number of aryl methyl sites for hydroxylation is 2. The number of nitrogen functional groups attached to an aromatic ring is 1. The SMILES string of the molecule is Cc1cccc(C)c1OCCCOc1ccc(N)cc1. The van der Waals surface area contributed by atoms with Crippen molar-refractivity contribution < 1.29 is 9.47 Å². The van der Waals surface area contributed by atoms with E-state index in [1.807, 2.05) is 30.3 Å². The molecule has 0 aliphatic rings. The van der Waals surface area contributed by atoms with Crippen molar-refractivity contribution in [2.24, 2.45) is 0 Å². The number of anilines is 1. The van der Waals surface area contributed by atoms with E-state index in [4.69, 9.17) is 15.2 Å². The van der Waals surface area contributed by atoms with E-state index in [1.165, 1.54) is 11.1 Å². The van der Waals surface area contributed by atoms with E-state index >= 15 is 0 Å². The average molecular weight is 271 g/mol. The molecule has 3 nitrogen and oxygen atoms in total. The second-order valence-electron chi connectivity index (χ2n) is 4.84. The Morgan fingerprint density at radius 3 is 2.10 bits per heavy atom. The second kappa shape index (κ2) is 6.85. The van der Waals surface area contributed by atoms with Crippen LogP contribution >= 0.6 is 0 Å². The van der Waals surface area contributed by atoms with Crippen molar-refractivity contribution in [3.63, 3.8) is 0 Å². The number of para-hydroxylation sites is 1. The lowest BCUT2D eigenvalue weighted by Crippen LogP contribution is -2.06. The van der Waals surface area contributed by atoms with Crippen LogP contribution in [0.4, 0.5) is 5.69 Å². The molecule has 0 unspecified atom stereocenters. The molecule has 0 heterocycles. The highest BCUT2D eigenvalue weighted by molar-refractivity contribution is 5.41. The summed E-state index contributed by atoms with van der Waals surface area (Å²) in [4.78, 5) is 0. The first-order chi connectivity index (χ1) is 9.66. The standard InChI is InChI=1S/C17H21NO2/c1-13-5-3-6-14(2)17(13)20-12-4-11-19-16-9-7-15(18)8-10-16/h3,5-10H,4,11-12,18H2,1-2H3. The Bertz CT molecular complexity index is 529. The van der Waals surface area contributed by atoms with E-state index in [0.717, 1.165) is 23.6 Å². The van der Waals surface area contributed by atoms with Gasteiger partial charge in [0, 0.05) is 12.1 Å². The number of nitrogens with two attached hydrogens (primary N) is 1. The Morgan fingerprint density at radius 1 is 0.850 bits per heavy atom. The van der Waals surface area contributed by atoms with Crippen LogP contribution < -0.4 is 15.2 Å². The highest BCUT2D eigenvalue weighted by Gasteiger charge is 2.02. The molecule has 106 valence electrons. The van der Waals surface area contributed by atoms with Gasteiger partial charge in [-0.2, -0.15) is 0 Å². The Labute approximate surface area is 120 Å². The summed E-state index contributed by atoms with van der Waals surface area (Å²) in [5.41, 5.74) is 8.71. The molecule has 0 aliphatic carbocycles. The Morgan fingerprint density at radius 2 is 1.45 bits per heavy atom. The van der Waals surface area contributed by atoms with Crippen LogP contribution in [0, 0.1) is 13.8 Å². The molecule has 0 aromatic heterocycles. The molecule has 0 saturated heterocycles. The minimum absolute atomic E-state index is 0.634. The van der Waals surface area contributed by atoms with Crippen molar-refractivity contribution in [2.75, 3.05) is 18.9 Å². The number of rotatable bonds is 6. The van der Waals surface area contributed by atoms with Gasteiger partial charge in [0.15, 0.2) is 0 Å². The average Bonchev–Trinajstić information content (AvgIpc) is 2.43. The summed E-state index contributed by atoms with van der Waals surface area (Å²) in [6, 6.07) is 13.6. The maximum atomic E-state index is 5.82. The van der Waals surface area contributed by atoms with Crippen molar-refractivity contribution >= 4 is 5.69 Å². The fourth-order valence-electron chi connectivity index (χ4n) is 2.01. The van der Waals surface area contributed by atoms with Gasteiger partial charge in [-0.05, 0) is 49.2 Å². The van der Waals surface area contributed by atoms with E-state index < -0.39 is 0 Å². The summed E-state index contributed by atoms with van der Waals surface area (Å²) >= 11 is 0. The first-order valence-electron chi connectivity index (χ1n) is 6.84. The predicted molar refractivity (Wildman–Crippen MR) is 82.4 cm³/mol. The third kappa shape index (κ3) is 3.92. The Hall–Kier alpha value is -2.16. The van der Waals surface area contributed by atoms with Crippen LogP contribution in [0.1, 0.15) is 17.5 Å². The molecule has 2 aromatic rings. The third-order valence-electron chi connectivity index (χ3n) is 3.09. The van der Waals surface area contributed by atoms with Crippen LogP contribution in [0.3, 0.4) is 0 Å². The zero-order valence-corrected chi connectivity index (χ0v) is 12.1. The van der Waals surface area contributed by atoms with Gasteiger partial charge in [-0.15, -0.1) is 0 Å². The topological polar surface area (TPSA) is 44.5 Å². The van der Waals surface area contributed by atoms with Gasteiger partial charge >= 0.3 is 0 Å². The molecular weight excluding hydrogens is 250 g/mol. The van der Waals surface area contributed by atoms with Gasteiger partial charge in [0.2, 0.25) is 0 Å². The van der Waals surface area contributed by atoms with Crippen molar-refractivity contribution in [1.82, 2.24) is 0 Å². The monoisotopic (exact) mass is 271 g/mol. The summed E-state index contributed by atoms with van der Waals surface area (Å²) < 4.78 is 11.4. The molecule has 0 radical (unpaired) electrons. The first kappa shape index (κ1) is 14.3. The van der Waals surface area contributed by atoms with E-state index in [9.17, 15) is 0 Å². The van der Waals surface area contributed by atoms with Crippen molar-refractivity contribution in [3.05, 3.63) is 53.6 Å². The van der Waals surface area contributed by atoms with Crippen LogP contribution in [0.25, 0.3) is 0 Å². The minimum atomic E-state index is 0.634. The third-order valence-corrected chi connectivity index (χ3v) is 3.09. The zero-order chi connectivity index (χ0) is 14.4. The maximum absolute atomic E-state index is 5.82. The zero-order valence-electron chi connectivity index (χ0n) is 12.1. The molecule has 0 spiro atoms. The van der Waals surface area contributed by atoms with E-state index in [1.54, 1.807) is 0 Å². The minimum Gasteiger partial charge on any atom is -0.493 e. The van der Waals surface area contributed by atoms with Crippen LogP contribution in [-0.2, 0) is 0 Å². The Kier molecular flexibility index (Phi) is 4.88. The first-order valence-corrected chi connectivity index (χ1v) is 6.84. The molecule has 0 bridgehead atoms. The van der Waals surface area contributed by atoms with Gasteiger partial charge < -0.3 is 15.2 Å². The molecule has 2 N–H and O–H groups in total. The molecule has 0 saturated carbocycles. The lowest BCUT2D eigenvalue weighted by molar-refractivity contribution is 0.246. The van der Waals surface area contributed by atoms with E-state index in [-0.39, 0.29) is 0 Å². The largest absolute Gasteiger partial charge is 0.493 e. The fourth-order valence-corrected chi connectivity index (χ4v) is 2.01. The molecular formula is C17H21NO2. The predicted octanol–water partition coefficient (Wildman–Crippen LogP) is 3.73. The van der Waals surface area contributed by atoms with Crippen LogP contribution in [-0.4, -0.2) is 13.2 Å². The summed E-state index contributed by atoms with van der Waals surface area (Å²) in [7, 11) is 0. The maximum Gasteiger partial charge on any atom is 0.125 e. The normalized spacial score (nSPS) is 10.3. The lowest BCUT2D eigenvalue weighted by atomic mass is 10.1. The molecule has 0 amide bonds. The molecule has 2 rings (SSSR count). The van der Waals surface area contributed by atoms with Crippen molar-refractivity contribution in [2.45, 2.75) is 20.3 Å². The van der Waals surface area contributed by atoms with E-state index in [2.05, 4.69) is 26.0 Å². The number of hydrogen-bond donors (Lipinski definition) is 1. The summed E-state index contributed by atoms with van der Waals surface area (Å²) in [5.74, 6) is 1.83. The summed E-state index contributed by atoms with van der Waals surface area (Å²) in [5, 5.41) is 0. The van der Waals surface area contributed by atoms with Gasteiger partial charge in [0.25, 0.3) is 0 Å². The molecule has 0 aliphatic heterocycles. The van der Waals surface area contributed by atoms with E-state index in [0.29, 0.717) is 13.2 Å². The molecule has 3 heteroatoms. The van der Waals surface area contributed by atoms with Gasteiger partial charge in [-0.25, -0.2) is 0 Å². The number of ether oxygens (including phenoxy) is 2. The number of hydrogen-bond acceptors (Lipinski definition) is 3. The molecule has 20 heavy (non-hydrogen) atoms. The van der Waals surface area contributed by atoms with Gasteiger partial charge in [-0.1, -0.05) is 18.2 Å². The second-order valence-corrected chi connectivity index (χ2v) is 4.84. The van der Waals surface area contributed by atoms with Crippen molar-refractivity contribution in [1.29, 1.82) is 0 Å². The van der Waals surface area contributed by atoms with Crippen molar-refractivity contribution in [3.8, 4) is 11.5 Å². The van der Waals surface area contributed by atoms with Crippen LogP contribution in [0.2, 0.25) is 0 Å². The smallest absolute Gasteiger partial charge is 0.125 e. The molecule has 2 aromatic carbocycles. The highest BCUT2D eigenvalue weighted by atomic mass is 16.5.